The van der Waals surface area contributed by atoms with E-state index >= 15 is 0 Å². The second-order valence-corrected chi connectivity index (χ2v) is 6.09. The predicted octanol–water partition coefficient (Wildman–Crippen LogP) is 2.49. The zero-order valence-electron chi connectivity index (χ0n) is 12.2. The molecule has 6 heteroatoms. The molecule has 4 nitrogen and oxygen atoms in total. The Hall–Kier alpha value is -1.62. The fourth-order valence-electron chi connectivity index (χ4n) is 2.53. The second-order valence-electron chi connectivity index (χ2n) is 5.68. The molecule has 1 fully saturated rings. The van der Waals surface area contributed by atoms with Crippen molar-refractivity contribution in [3.8, 4) is 0 Å². The van der Waals surface area contributed by atoms with Crippen LogP contribution in [0.1, 0.15) is 32.8 Å². The van der Waals surface area contributed by atoms with Crippen molar-refractivity contribution >= 4 is 23.4 Å². The van der Waals surface area contributed by atoms with Crippen molar-refractivity contribution < 1.29 is 14.0 Å². The molecule has 0 radical (unpaired) electrons. The topological polar surface area (TPSA) is 49.4 Å². The summed E-state index contributed by atoms with van der Waals surface area (Å²) in [5, 5.41) is 2.71. The predicted molar refractivity (Wildman–Crippen MR) is 78.3 cm³/mol. The monoisotopic (exact) mass is 312 g/mol. The molecule has 1 unspecified atom stereocenters. The van der Waals surface area contributed by atoms with Crippen LogP contribution < -0.4 is 5.32 Å². The Balaban J connectivity index is 2.36. The van der Waals surface area contributed by atoms with Gasteiger partial charge in [0.15, 0.2) is 0 Å². The summed E-state index contributed by atoms with van der Waals surface area (Å²) in [5.41, 5.74) is -0.683. The van der Waals surface area contributed by atoms with Gasteiger partial charge in [0.1, 0.15) is 17.4 Å². The fraction of sp³-hybridized carbons (Fsp3) is 0.467. The van der Waals surface area contributed by atoms with Gasteiger partial charge in [0.05, 0.1) is 5.02 Å². The molecule has 0 spiro atoms. The van der Waals surface area contributed by atoms with Gasteiger partial charge in [-0.25, -0.2) is 4.39 Å². The molecule has 1 aromatic carbocycles. The van der Waals surface area contributed by atoms with E-state index in [4.69, 9.17) is 11.6 Å². The highest BCUT2D eigenvalue weighted by Crippen LogP contribution is 2.25. The first-order valence-corrected chi connectivity index (χ1v) is 7.21. The van der Waals surface area contributed by atoms with Crippen LogP contribution in [0.5, 0.6) is 0 Å². The Kier molecular flexibility index (Phi) is 4.23. The lowest BCUT2D eigenvalue weighted by molar-refractivity contribution is -0.154. The van der Waals surface area contributed by atoms with Crippen LogP contribution in [-0.2, 0) is 16.1 Å². The summed E-state index contributed by atoms with van der Waals surface area (Å²) in [4.78, 5) is 26.1. The number of piperazine rings is 1. The number of benzene rings is 1. The number of rotatable bonds is 3. The molecule has 1 saturated heterocycles. The maximum atomic E-state index is 14.0. The zero-order valence-corrected chi connectivity index (χ0v) is 13.0. The molecule has 1 heterocycles. The summed E-state index contributed by atoms with van der Waals surface area (Å²) in [6, 6.07) is 4.05. The van der Waals surface area contributed by atoms with E-state index in [1.165, 1.54) is 11.0 Å². The molecular formula is C15H18ClFN2O2. The van der Waals surface area contributed by atoms with Crippen molar-refractivity contribution in [2.75, 3.05) is 0 Å². The average Bonchev–Trinajstić information content (AvgIpc) is 2.40. The molecule has 0 bridgehead atoms. The summed E-state index contributed by atoms with van der Waals surface area (Å²) >= 11 is 5.77. The van der Waals surface area contributed by atoms with E-state index in [-0.39, 0.29) is 23.4 Å². The number of hydrogen-bond donors (Lipinski definition) is 1. The van der Waals surface area contributed by atoms with Gasteiger partial charge in [0.2, 0.25) is 11.8 Å². The van der Waals surface area contributed by atoms with Crippen molar-refractivity contribution in [2.45, 2.75) is 45.3 Å². The van der Waals surface area contributed by atoms with Gasteiger partial charge in [0, 0.05) is 12.1 Å². The second kappa shape index (κ2) is 5.64. The maximum Gasteiger partial charge on any atom is 0.248 e. The summed E-state index contributed by atoms with van der Waals surface area (Å²) < 4.78 is 14.0. The van der Waals surface area contributed by atoms with Crippen molar-refractivity contribution in [1.82, 2.24) is 10.2 Å². The molecule has 21 heavy (non-hydrogen) atoms. The van der Waals surface area contributed by atoms with Gasteiger partial charge in [0.25, 0.3) is 0 Å². The highest BCUT2D eigenvalue weighted by Gasteiger charge is 2.44. The highest BCUT2D eigenvalue weighted by molar-refractivity contribution is 6.30. The van der Waals surface area contributed by atoms with Crippen LogP contribution >= 0.6 is 11.6 Å². The standard InChI is InChI=1S/C15H18ClFN2O2/c1-4-11-13(20)18-15(2,3)14(21)19(11)8-9-6-5-7-10(16)12(9)17/h5-7,11H,4,8H2,1-3H3,(H,18,20). The van der Waals surface area contributed by atoms with Crippen LogP contribution in [0.4, 0.5) is 4.39 Å². The van der Waals surface area contributed by atoms with Crippen LogP contribution in [0.3, 0.4) is 0 Å². The summed E-state index contributed by atoms with van der Waals surface area (Å²) in [6.07, 6.45) is 0.468. The van der Waals surface area contributed by atoms with Gasteiger partial charge in [-0.05, 0) is 26.3 Å². The number of nitrogens with zero attached hydrogens (tertiary/aromatic N) is 1. The van der Waals surface area contributed by atoms with Gasteiger partial charge < -0.3 is 10.2 Å². The van der Waals surface area contributed by atoms with Gasteiger partial charge in [-0.15, -0.1) is 0 Å². The lowest BCUT2D eigenvalue weighted by Gasteiger charge is -2.42. The van der Waals surface area contributed by atoms with E-state index in [2.05, 4.69) is 5.32 Å². The first-order valence-electron chi connectivity index (χ1n) is 6.84. The summed E-state index contributed by atoms with van der Waals surface area (Å²) in [5.74, 6) is -0.997. The van der Waals surface area contributed by atoms with E-state index in [0.717, 1.165) is 0 Å². The Bertz CT molecular complexity index is 589. The van der Waals surface area contributed by atoms with Crippen LogP contribution in [0.2, 0.25) is 5.02 Å². The first kappa shape index (κ1) is 15.8. The van der Waals surface area contributed by atoms with Gasteiger partial charge in [-0.3, -0.25) is 9.59 Å². The minimum Gasteiger partial charge on any atom is -0.340 e. The molecular weight excluding hydrogens is 295 g/mol. The Morgan fingerprint density at radius 1 is 1.38 bits per heavy atom. The number of nitrogens with one attached hydrogen (secondary N) is 1. The van der Waals surface area contributed by atoms with E-state index in [9.17, 15) is 14.0 Å². The Labute approximate surface area is 128 Å². The quantitative estimate of drug-likeness (QED) is 0.932. The molecule has 114 valence electrons. The van der Waals surface area contributed by atoms with Crippen LogP contribution in [-0.4, -0.2) is 28.3 Å². The lowest BCUT2D eigenvalue weighted by Crippen LogP contribution is -2.67. The molecule has 1 aromatic rings. The smallest absolute Gasteiger partial charge is 0.248 e. The third-order valence-corrected chi connectivity index (χ3v) is 3.96. The number of amides is 2. The number of carbonyl (C=O) groups is 2. The molecule has 1 atom stereocenters. The van der Waals surface area contributed by atoms with Gasteiger partial charge in [-0.1, -0.05) is 30.7 Å². The molecule has 0 aliphatic carbocycles. The number of halogens is 2. The Morgan fingerprint density at radius 2 is 2.05 bits per heavy atom. The van der Waals surface area contributed by atoms with Crippen molar-refractivity contribution in [3.63, 3.8) is 0 Å². The minimum absolute atomic E-state index is 0.00807. The SMILES string of the molecule is CCC1C(=O)NC(C)(C)C(=O)N1Cc1cccc(Cl)c1F. The van der Waals surface area contributed by atoms with Gasteiger partial charge >= 0.3 is 0 Å². The molecule has 2 amide bonds. The molecule has 1 aliphatic heterocycles. The number of hydrogen-bond acceptors (Lipinski definition) is 2. The Morgan fingerprint density at radius 3 is 2.67 bits per heavy atom. The van der Waals surface area contributed by atoms with E-state index in [1.807, 2.05) is 6.92 Å². The van der Waals surface area contributed by atoms with Crippen molar-refractivity contribution in [2.24, 2.45) is 0 Å². The highest BCUT2D eigenvalue weighted by atomic mass is 35.5. The fourth-order valence-corrected chi connectivity index (χ4v) is 2.72. The summed E-state index contributed by atoms with van der Waals surface area (Å²) in [7, 11) is 0. The average molecular weight is 313 g/mol. The number of carbonyl (C=O) groups excluding carboxylic acids is 2. The van der Waals surface area contributed by atoms with Crippen molar-refractivity contribution in [1.29, 1.82) is 0 Å². The van der Waals surface area contributed by atoms with E-state index in [0.29, 0.717) is 12.0 Å². The first-order chi connectivity index (χ1) is 9.77. The molecule has 0 saturated carbocycles. The largest absolute Gasteiger partial charge is 0.340 e. The maximum absolute atomic E-state index is 14.0. The third kappa shape index (κ3) is 2.88. The molecule has 1 N–H and O–H groups in total. The van der Waals surface area contributed by atoms with E-state index < -0.39 is 17.4 Å². The van der Waals surface area contributed by atoms with E-state index in [1.54, 1.807) is 26.0 Å². The zero-order chi connectivity index (χ0) is 15.8. The third-order valence-electron chi connectivity index (χ3n) is 3.67. The van der Waals surface area contributed by atoms with Crippen LogP contribution in [0.25, 0.3) is 0 Å². The minimum atomic E-state index is -0.988. The molecule has 1 aliphatic rings. The normalized spacial score (nSPS) is 21.4. The van der Waals surface area contributed by atoms with Crippen LogP contribution in [0.15, 0.2) is 18.2 Å². The summed E-state index contributed by atoms with van der Waals surface area (Å²) in [6.45, 7) is 5.12. The van der Waals surface area contributed by atoms with Crippen LogP contribution in [0, 0.1) is 5.82 Å². The van der Waals surface area contributed by atoms with Gasteiger partial charge in [-0.2, -0.15) is 0 Å². The van der Waals surface area contributed by atoms with Crippen molar-refractivity contribution in [3.05, 3.63) is 34.6 Å². The molecule has 0 aromatic heterocycles. The lowest BCUT2D eigenvalue weighted by atomic mass is 9.95. The molecule has 2 rings (SSSR count).